The van der Waals surface area contributed by atoms with Gasteiger partial charge in [-0.2, -0.15) is 0 Å². The monoisotopic (exact) mass is 283 g/mol. The zero-order valence-electron chi connectivity index (χ0n) is 9.13. The molecule has 1 aromatic carbocycles. The number of ether oxygens (including phenoxy) is 1. The van der Waals surface area contributed by atoms with Crippen LogP contribution in [0, 0.1) is 0 Å². The van der Waals surface area contributed by atoms with Gasteiger partial charge in [0, 0.05) is 11.0 Å². The molecule has 0 aliphatic rings. The summed E-state index contributed by atoms with van der Waals surface area (Å²) in [7, 11) is 0. The molecule has 0 aliphatic heterocycles. The molecule has 0 fully saturated rings. The molecule has 3 nitrogen and oxygen atoms in total. The van der Waals surface area contributed by atoms with Gasteiger partial charge in [0.15, 0.2) is 6.61 Å². The number of rotatable bonds is 5. The maximum absolute atomic E-state index is 11.3. The van der Waals surface area contributed by atoms with Gasteiger partial charge in [0.05, 0.1) is 0 Å². The highest BCUT2D eigenvalue weighted by Gasteiger charge is 2.02. The largest absolute Gasteiger partial charge is 0.484 e. The van der Waals surface area contributed by atoms with Crippen LogP contribution < -0.4 is 10.1 Å². The molecular formula is C12H14BrNO2. The average molecular weight is 284 g/mol. The highest BCUT2D eigenvalue weighted by molar-refractivity contribution is 9.10. The van der Waals surface area contributed by atoms with Crippen molar-refractivity contribution in [2.75, 3.05) is 13.2 Å². The van der Waals surface area contributed by atoms with Gasteiger partial charge in [0.2, 0.25) is 0 Å². The van der Waals surface area contributed by atoms with Crippen LogP contribution in [0.25, 0.3) is 0 Å². The molecule has 0 saturated carbocycles. The van der Waals surface area contributed by atoms with Crippen molar-refractivity contribution in [3.63, 3.8) is 0 Å². The minimum atomic E-state index is -0.150. The molecule has 0 unspecified atom stereocenters. The highest BCUT2D eigenvalue weighted by atomic mass is 79.9. The van der Waals surface area contributed by atoms with Crippen molar-refractivity contribution in [1.82, 2.24) is 5.32 Å². The van der Waals surface area contributed by atoms with Crippen LogP contribution in [-0.4, -0.2) is 19.1 Å². The number of halogens is 1. The summed E-state index contributed by atoms with van der Waals surface area (Å²) in [5.41, 5.74) is 0.913. The lowest BCUT2D eigenvalue weighted by molar-refractivity contribution is -0.122. The van der Waals surface area contributed by atoms with E-state index in [9.17, 15) is 4.79 Å². The molecule has 0 heterocycles. The molecule has 0 bridgehead atoms. The number of nitrogens with one attached hydrogen (secondary N) is 1. The van der Waals surface area contributed by atoms with Crippen LogP contribution >= 0.6 is 15.9 Å². The van der Waals surface area contributed by atoms with Crippen molar-refractivity contribution in [2.45, 2.75) is 6.92 Å². The van der Waals surface area contributed by atoms with Gasteiger partial charge in [-0.3, -0.25) is 4.79 Å². The normalized spacial score (nSPS) is 9.62. The van der Waals surface area contributed by atoms with E-state index in [-0.39, 0.29) is 12.5 Å². The van der Waals surface area contributed by atoms with Crippen LogP contribution in [0.4, 0.5) is 0 Å². The van der Waals surface area contributed by atoms with E-state index in [1.165, 1.54) is 0 Å². The van der Waals surface area contributed by atoms with Crippen molar-refractivity contribution in [3.05, 3.63) is 40.9 Å². The molecule has 0 atom stereocenters. The third kappa shape index (κ3) is 4.98. The molecule has 0 aromatic heterocycles. The molecule has 1 N–H and O–H groups in total. The van der Waals surface area contributed by atoms with Gasteiger partial charge in [-0.1, -0.05) is 34.1 Å². The van der Waals surface area contributed by atoms with Gasteiger partial charge in [0.1, 0.15) is 5.75 Å². The minimum Gasteiger partial charge on any atom is -0.484 e. The van der Waals surface area contributed by atoms with Crippen molar-refractivity contribution in [3.8, 4) is 5.75 Å². The molecule has 16 heavy (non-hydrogen) atoms. The Kier molecular flexibility index (Phi) is 5.05. The molecule has 0 spiro atoms. The van der Waals surface area contributed by atoms with E-state index in [4.69, 9.17) is 4.74 Å². The number of hydrogen-bond donors (Lipinski definition) is 1. The zero-order valence-corrected chi connectivity index (χ0v) is 10.7. The van der Waals surface area contributed by atoms with Crippen LogP contribution in [-0.2, 0) is 4.79 Å². The Morgan fingerprint density at radius 1 is 1.56 bits per heavy atom. The maximum atomic E-state index is 11.3. The van der Waals surface area contributed by atoms with E-state index >= 15 is 0 Å². The number of carbonyl (C=O) groups excluding carboxylic acids is 1. The van der Waals surface area contributed by atoms with Crippen LogP contribution in [0.1, 0.15) is 6.92 Å². The van der Waals surface area contributed by atoms with E-state index in [2.05, 4.69) is 27.8 Å². The summed E-state index contributed by atoms with van der Waals surface area (Å²) in [5, 5.41) is 2.69. The van der Waals surface area contributed by atoms with E-state index < -0.39 is 0 Å². The Balaban J connectivity index is 2.34. The van der Waals surface area contributed by atoms with Crippen LogP contribution in [0.3, 0.4) is 0 Å². The lowest BCUT2D eigenvalue weighted by Gasteiger charge is -2.07. The summed E-state index contributed by atoms with van der Waals surface area (Å²) in [6.45, 7) is 6.06. The van der Waals surface area contributed by atoms with Crippen molar-refractivity contribution >= 4 is 21.8 Å². The summed E-state index contributed by atoms with van der Waals surface area (Å²) < 4.78 is 6.23. The number of benzene rings is 1. The van der Waals surface area contributed by atoms with Crippen LogP contribution in [0.2, 0.25) is 0 Å². The molecule has 0 saturated heterocycles. The summed E-state index contributed by atoms with van der Waals surface area (Å²) >= 11 is 3.33. The third-order valence-corrected chi connectivity index (χ3v) is 2.25. The first kappa shape index (κ1) is 12.8. The number of carbonyl (C=O) groups is 1. The lowest BCUT2D eigenvalue weighted by atomic mass is 10.3. The average Bonchev–Trinajstić information content (AvgIpc) is 2.23. The van der Waals surface area contributed by atoms with Crippen LogP contribution in [0.15, 0.2) is 40.9 Å². The van der Waals surface area contributed by atoms with E-state index in [1.807, 2.05) is 25.1 Å². The second-order valence-electron chi connectivity index (χ2n) is 3.48. The fraction of sp³-hybridized carbons (Fsp3) is 0.250. The predicted octanol–water partition coefficient (Wildman–Crippen LogP) is 2.52. The fourth-order valence-electron chi connectivity index (χ4n) is 1.01. The highest BCUT2D eigenvalue weighted by Crippen LogP contribution is 2.17. The van der Waals surface area contributed by atoms with Gasteiger partial charge in [0.25, 0.3) is 5.91 Å². The van der Waals surface area contributed by atoms with Gasteiger partial charge < -0.3 is 10.1 Å². The SMILES string of the molecule is C=C(C)CNC(=O)COc1cccc(Br)c1. The second-order valence-corrected chi connectivity index (χ2v) is 4.40. The van der Waals surface area contributed by atoms with E-state index in [1.54, 1.807) is 6.07 Å². The van der Waals surface area contributed by atoms with Crippen molar-refractivity contribution in [2.24, 2.45) is 0 Å². The first-order valence-electron chi connectivity index (χ1n) is 4.87. The number of hydrogen-bond acceptors (Lipinski definition) is 2. The minimum absolute atomic E-state index is 0.0176. The summed E-state index contributed by atoms with van der Waals surface area (Å²) in [6.07, 6.45) is 0. The maximum Gasteiger partial charge on any atom is 0.258 e. The standard InChI is InChI=1S/C12H14BrNO2/c1-9(2)7-14-12(15)8-16-11-5-3-4-10(13)6-11/h3-6H,1,7-8H2,2H3,(H,14,15). The van der Waals surface area contributed by atoms with E-state index in [0.717, 1.165) is 10.0 Å². The topological polar surface area (TPSA) is 38.3 Å². The number of amides is 1. The Morgan fingerprint density at radius 2 is 2.31 bits per heavy atom. The third-order valence-electron chi connectivity index (χ3n) is 1.75. The molecule has 1 rings (SSSR count). The summed E-state index contributed by atoms with van der Waals surface area (Å²) in [6, 6.07) is 7.36. The second kappa shape index (κ2) is 6.33. The molecule has 0 radical (unpaired) electrons. The van der Waals surface area contributed by atoms with Gasteiger partial charge in [-0.25, -0.2) is 0 Å². The van der Waals surface area contributed by atoms with Gasteiger partial charge in [-0.05, 0) is 25.1 Å². The molecule has 1 aromatic rings. The Labute approximate surface area is 104 Å². The smallest absolute Gasteiger partial charge is 0.258 e. The fourth-order valence-corrected chi connectivity index (χ4v) is 1.38. The molecule has 4 heteroatoms. The van der Waals surface area contributed by atoms with Crippen molar-refractivity contribution < 1.29 is 9.53 Å². The van der Waals surface area contributed by atoms with Gasteiger partial charge in [-0.15, -0.1) is 0 Å². The Hall–Kier alpha value is -1.29. The zero-order chi connectivity index (χ0) is 12.0. The Morgan fingerprint density at radius 3 is 2.94 bits per heavy atom. The Bertz CT molecular complexity index is 390. The molecular weight excluding hydrogens is 270 g/mol. The molecule has 1 amide bonds. The molecule has 0 aliphatic carbocycles. The van der Waals surface area contributed by atoms with Crippen molar-refractivity contribution in [1.29, 1.82) is 0 Å². The lowest BCUT2D eigenvalue weighted by Crippen LogP contribution is -2.29. The van der Waals surface area contributed by atoms with Gasteiger partial charge >= 0.3 is 0 Å². The first-order valence-corrected chi connectivity index (χ1v) is 5.66. The van der Waals surface area contributed by atoms with E-state index in [0.29, 0.717) is 12.3 Å². The quantitative estimate of drug-likeness (QED) is 0.844. The summed E-state index contributed by atoms with van der Waals surface area (Å²) in [4.78, 5) is 11.3. The molecule has 86 valence electrons. The van der Waals surface area contributed by atoms with Crippen LogP contribution in [0.5, 0.6) is 5.75 Å². The predicted molar refractivity (Wildman–Crippen MR) is 67.5 cm³/mol. The summed E-state index contributed by atoms with van der Waals surface area (Å²) in [5.74, 6) is 0.517. The first-order chi connectivity index (χ1) is 7.58.